The molecule has 0 radical (unpaired) electrons. The molecule has 0 aliphatic carbocycles. The van der Waals surface area contributed by atoms with Gasteiger partial charge in [0.15, 0.2) is 0 Å². The van der Waals surface area contributed by atoms with Crippen molar-refractivity contribution in [3.63, 3.8) is 0 Å². The minimum atomic E-state index is -0.461. The number of rotatable bonds is 6. The normalized spacial score (nSPS) is 11.0. The number of halogens is 1. The molecule has 0 aliphatic heterocycles. The number of carbonyl (C=O) groups excluding carboxylic acids is 1. The summed E-state index contributed by atoms with van der Waals surface area (Å²) < 4.78 is 0. The summed E-state index contributed by atoms with van der Waals surface area (Å²) in [7, 11) is 3.53. The van der Waals surface area contributed by atoms with E-state index in [2.05, 4.69) is 0 Å². The number of amides is 1. The molecule has 0 saturated carbocycles. The van der Waals surface area contributed by atoms with Gasteiger partial charge in [0, 0.05) is 36.8 Å². The minimum Gasteiger partial charge on any atom is -0.342 e. The molecule has 0 fully saturated rings. The quantitative estimate of drug-likeness (QED) is 0.598. The number of hydrogen-bond donors (Lipinski definition) is 0. The van der Waals surface area contributed by atoms with Crippen LogP contribution >= 0.6 is 11.6 Å². The van der Waals surface area contributed by atoms with Crippen LogP contribution in [0.5, 0.6) is 0 Å². The van der Waals surface area contributed by atoms with Crippen molar-refractivity contribution in [1.29, 1.82) is 0 Å². The number of non-ortho nitro benzene ring substituents is 1. The molecule has 116 valence electrons. The van der Waals surface area contributed by atoms with Crippen LogP contribution < -0.4 is 0 Å². The van der Waals surface area contributed by atoms with E-state index in [9.17, 15) is 14.9 Å². The molecule has 6 nitrogen and oxygen atoms in total. The second kappa shape index (κ2) is 7.38. The SMILES string of the molecule is CC(C)N(C)C(=O)CN(C)Cc1cc([N+](=O)[O-])ccc1Cl. The van der Waals surface area contributed by atoms with Gasteiger partial charge in [-0.3, -0.25) is 19.8 Å². The van der Waals surface area contributed by atoms with Crippen molar-refractivity contribution in [2.45, 2.75) is 26.4 Å². The van der Waals surface area contributed by atoms with E-state index in [0.717, 1.165) is 0 Å². The number of nitro groups is 1. The summed E-state index contributed by atoms with van der Waals surface area (Å²) in [4.78, 5) is 25.7. The molecular weight excluding hydrogens is 294 g/mol. The van der Waals surface area contributed by atoms with Gasteiger partial charge in [-0.1, -0.05) is 11.6 Å². The molecule has 1 rings (SSSR count). The molecule has 0 aromatic heterocycles. The lowest BCUT2D eigenvalue weighted by Crippen LogP contribution is -2.39. The van der Waals surface area contributed by atoms with Crippen LogP contribution in [0, 0.1) is 10.1 Å². The highest BCUT2D eigenvalue weighted by Gasteiger charge is 2.16. The first-order valence-electron chi connectivity index (χ1n) is 6.59. The van der Waals surface area contributed by atoms with Crippen LogP contribution in [-0.2, 0) is 11.3 Å². The molecule has 0 bridgehead atoms. The van der Waals surface area contributed by atoms with Crippen LogP contribution in [0.2, 0.25) is 5.02 Å². The number of carbonyl (C=O) groups is 1. The Bertz CT molecular complexity index is 534. The van der Waals surface area contributed by atoms with Gasteiger partial charge < -0.3 is 4.90 Å². The molecule has 0 spiro atoms. The van der Waals surface area contributed by atoms with E-state index in [0.29, 0.717) is 17.1 Å². The fourth-order valence-electron chi connectivity index (χ4n) is 1.77. The third-order valence-electron chi connectivity index (χ3n) is 3.25. The molecule has 0 aliphatic rings. The highest BCUT2D eigenvalue weighted by molar-refractivity contribution is 6.31. The number of nitrogens with zero attached hydrogens (tertiary/aromatic N) is 3. The van der Waals surface area contributed by atoms with E-state index in [1.54, 1.807) is 23.9 Å². The molecule has 0 unspecified atom stereocenters. The van der Waals surface area contributed by atoms with Crippen molar-refractivity contribution in [2.75, 3.05) is 20.6 Å². The highest BCUT2D eigenvalue weighted by Crippen LogP contribution is 2.23. The van der Waals surface area contributed by atoms with Gasteiger partial charge in [-0.25, -0.2) is 0 Å². The van der Waals surface area contributed by atoms with Crippen LogP contribution in [-0.4, -0.2) is 47.3 Å². The van der Waals surface area contributed by atoms with E-state index >= 15 is 0 Å². The highest BCUT2D eigenvalue weighted by atomic mass is 35.5. The lowest BCUT2D eigenvalue weighted by Gasteiger charge is -2.25. The van der Waals surface area contributed by atoms with Gasteiger partial charge in [-0.15, -0.1) is 0 Å². The van der Waals surface area contributed by atoms with Gasteiger partial charge >= 0.3 is 0 Å². The summed E-state index contributed by atoms with van der Waals surface area (Å²) >= 11 is 6.05. The molecule has 0 heterocycles. The lowest BCUT2D eigenvalue weighted by molar-refractivity contribution is -0.384. The van der Waals surface area contributed by atoms with Crippen molar-refractivity contribution in [2.24, 2.45) is 0 Å². The Balaban J connectivity index is 2.75. The smallest absolute Gasteiger partial charge is 0.269 e. The summed E-state index contributed by atoms with van der Waals surface area (Å²) in [6.45, 7) is 4.48. The molecule has 0 N–H and O–H groups in total. The zero-order valence-corrected chi connectivity index (χ0v) is 13.4. The average Bonchev–Trinajstić information content (AvgIpc) is 2.39. The summed E-state index contributed by atoms with van der Waals surface area (Å²) in [6.07, 6.45) is 0. The van der Waals surface area contributed by atoms with E-state index in [4.69, 9.17) is 11.6 Å². The minimum absolute atomic E-state index is 0.00551. The van der Waals surface area contributed by atoms with Crippen LogP contribution in [0.25, 0.3) is 0 Å². The van der Waals surface area contributed by atoms with Gasteiger partial charge in [0.05, 0.1) is 11.5 Å². The fourth-order valence-corrected chi connectivity index (χ4v) is 1.95. The first kappa shape index (κ1) is 17.4. The van der Waals surface area contributed by atoms with Crippen molar-refractivity contribution < 1.29 is 9.72 Å². The van der Waals surface area contributed by atoms with Crippen LogP contribution in [0.1, 0.15) is 19.4 Å². The summed E-state index contributed by atoms with van der Waals surface area (Å²) in [5.41, 5.74) is 0.627. The predicted molar refractivity (Wildman–Crippen MR) is 82.3 cm³/mol. The summed E-state index contributed by atoms with van der Waals surface area (Å²) in [5, 5.41) is 11.2. The monoisotopic (exact) mass is 313 g/mol. The van der Waals surface area contributed by atoms with Crippen molar-refractivity contribution in [3.8, 4) is 0 Å². The Labute approximate surface area is 129 Å². The topological polar surface area (TPSA) is 66.7 Å². The Kier molecular flexibility index (Phi) is 6.11. The number of benzene rings is 1. The van der Waals surface area contributed by atoms with Gasteiger partial charge in [-0.2, -0.15) is 0 Å². The Morgan fingerprint density at radius 3 is 2.52 bits per heavy atom. The van der Waals surface area contributed by atoms with Crippen LogP contribution in [0.4, 0.5) is 5.69 Å². The van der Waals surface area contributed by atoms with Gasteiger partial charge in [0.2, 0.25) is 5.91 Å². The first-order chi connectivity index (χ1) is 9.72. The van der Waals surface area contributed by atoms with E-state index in [1.807, 2.05) is 13.8 Å². The molecule has 21 heavy (non-hydrogen) atoms. The third-order valence-corrected chi connectivity index (χ3v) is 3.62. The molecular formula is C14H20ClN3O3. The zero-order chi connectivity index (χ0) is 16.2. The van der Waals surface area contributed by atoms with Gasteiger partial charge in [-0.05, 0) is 32.5 Å². The van der Waals surface area contributed by atoms with E-state index < -0.39 is 4.92 Å². The molecule has 1 amide bonds. The standard InChI is InChI=1S/C14H20ClN3O3/c1-10(2)17(4)14(19)9-16(3)8-11-7-12(18(20)21)5-6-13(11)15/h5-7,10H,8-9H2,1-4H3. The maximum absolute atomic E-state index is 12.0. The maximum atomic E-state index is 12.0. The lowest BCUT2D eigenvalue weighted by atomic mass is 10.2. The van der Waals surface area contributed by atoms with Gasteiger partial charge in [0.25, 0.3) is 5.69 Å². The summed E-state index contributed by atoms with van der Waals surface area (Å²) in [5.74, 6) is -0.00551. The van der Waals surface area contributed by atoms with E-state index in [1.165, 1.54) is 18.2 Å². The number of nitro benzene ring substituents is 1. The maximum Gasteiger partial charge on any atom is 0.269 e. The zero-order valence-electron chi connectivity index (χ0n) is 12.7. The van der Waals surface area contributed by atoms with Crippen molar-refractivity contribution in [3.05, 3.63) is 38.9 Å². The van der Waals surface area contributed by atoms with Crippen molar-refractivity contribution in [1.82, 2.24) is 9.80 Å². The Morgan fingerprint density at radius 2 is 2.00 bits per heavy atom. The van der Waals surface area contributed by atoms with E-state index in [-0.39, 0.29) is 24.2 Å². The first-order valence-corrected chi connectivity index (χ1v) is 6.97. The second-order valence-corrected chi connectivity index (χ2v) is 5.71. The number of likely N-dealkylation sites (N-methyl/N-ethyl adjacent to an activating group) is 2. The van der Waals surface area contributed by atoms with Crippen LogP contribution in [0.15, 0.2) is 18.2 Å². The third kappa shape index (κ3) is 4.99. The molecule has 0 saturated heterocycles. The number of hydrogen-bond acceptors (Lipinski definition) is 4. The molecule has 1 aromatic rings. The fraction of sp³-hybridized carbons (Fsp3) is 0.500. The average molecular weight is 314 g/mol. The van der Waals surface area contributed by atoms with Gasteiger partial charge in [0.1, 0.15) is 0 Å². The Hall–Kier alpha value is -1.66. The summed E-state index contributed by atoms with van der Waals surface area (Å²) in [6, 6.07) is 4.44. The predicted octanol–water partition coefficient (Wildman–Crippen LogP) is 2.55. The Morgan fingerprint density at radius 1 is 1.38 bits per heavy atom. The largest absolute Gasteiger partial charge is 0.342 e. The second-order valence-electron chi connectivity index (χ2n) is 5.30. The molecule has 7 heteroatoms. The van der Waals surface area contributed by atoms with Crippen molar-refractivity contribution >= 4 is 23.2 Å². The molecule has 1 aromatic carbocycles. The van der Waals surface area contributed by atoms with Crippen LogP contribution in [0.3, 0.4) is 0 Å². The molecule has 0 atom stereocenters.